The zero-order valence-corrected chi connectivity index (χ0v) is 11.0. The van der Waals surface area contributed by atoms with Gasteiger partial charge in [-0.2, -0.15) is 0 Å². The molecule has 0 saturated carbocycles. The maximum absolute atomic E-state index is 2.55. The molecule has 0 aliphatic rings. The molecule has 0 aromatic heterocycles. The summed E-state index contributed by atoms with van der Waals surface area (Å²) in [6, 6.07) is 0. The molecule has 0 radical (unpaired) electrons. The summed E-state index contributed by atoms with van der Waals surface area (Å²) in [6.07, 6.45) is 3.53. The summed E-state index contributed by atoms with van der Waals surface area (Å²) in [6.45, 7) is 8.07. The lowest BCUT2D eigenvalue weighted by Gasteiger charge is -2.14. The highest BCUT2D eigenvalue weighted by atomic mass is 28.2. The summed E-state index contributed by atoms with van der Waals surface area (Å²) >= 11 is 0. The highest BCUT2D eigenvalue weighted by molar-refractivity contribution is 6.38. The largest absolute Gasteiger partial charge is 0.326 e. The number of hydrogen-bond donors (Lipinski definition) is 0. The quantitative estimate of drug-likeness (QED) is 0.563. The van der Waals surface area contributed by atoms with Crippen LogP contribution in [0.3, 0.4) is 0 Å². The lowest BCUT2D eigenvalue weighted by Crippen LogP contribution is -2.25. The van der Waals surface area contributed by atoms with E-state index >= 15 is 0 Å². The van der Waals surface area contributed by atoms with Gasteiger partial charge in [0, 0.05) is 6.54 Å². The molecule has 0 atom stereocenters. The van der Waals surface area contributed by atoms with E-state index in [-0.39, 0.29) is 9.68 Å². The normalized spacial score (nSPS) is 13.1. The van der Waals surface area contributed by atoms with Gasteiger partial charge in [-0.3, -0.25) is 0 Å². The van der Waals surface area contributed by atoms with Gasteiger partial charge in [0.15, 0.2) is 0 Å². The highest BCUT2D eigenvalue weighted by Crippen LogP contribution is 1.88. The fourth-order valence-corrected chi connectivity index (χ4v) is 2.36. The van der Waals surface area contributed by atoms with Crippen molar-refractivity contribution in [2.24, 2.45) is 0 Å². The van der Waals surface area contributed by atoms with Crippen LogP contribution in [0.25, 0.3) is 0 Å². The van der Waals surface area contributed by atoms with Crippen LogP contribution in [0.4, 0.5) is 0 Å². The SMILES string of the molecule is CCN(CC)[SiH2]C=CCCN(C)C. The van der Waals surface area contributed by atoms with Crippen LogP contribution in [0.15, 0.2) is 11.8 Å². The summed E-state index contributed by atoms with van der Waals surface area (Å²) in [5, 5.41) is 0. The second-order valence-electron chi connectivity index (χ2n) is 3.55. The molecule has 2 nitrogen and oxygen atoms in total. The molecule has 0 aromatic carbocycles. The lowest BCUT2D eigenvalue weighted by atomic mass is 10.4. The van der Waals surface area contributed by atoms with E-state index in [1.54, 1.807) is 0 Å². The predicted molar refractivity (Wildman–Crippen MR) is 63.8 cm³/mol. The first-order valence-corrected chi connectivity index (χ1v) is 6.67. The van der Waals surface area contributed by atoms with Crippen molar-refractivity contribution in [1.82, 2.24) is 9.47 Å². The number of rotatable bonds is 7. The maximum atomic E-state index is 2.55. The van der Waals surface area contributed by atoms with Crippen LogP contribution in [0.2, 0.25) is 0 Å². The maximum Gasteiger partial charge on any atom is 0.119 e. The topological polar surface area (TPSA) is 6.48 Å². The van der Waals surface area contributed by atoms with E-state index in [2.05, 4.69) is 49.2 Å². The Morgan fingerprint density at radius 3 is 2.23 bits per heavy atom. The second-order valence-corrected chi connectivity index (χ2v) is 5.28. The smallest absolute Gasteiger partial charge is 0.119 e. The number of hydrogen-bond acceptors (Lipinski definition) is 2. The van der Waals surface area contributed by atoms with Crippen molar-refractivity contribution < 1.29 is 0 Å². The Hall–Kier alpha value is -0.123. The standard InChI is InChI=1S/C10H24N2Si/c1-5-12(6-2)13-10-8-7-9-11(3)4/h8,10H,5-7,9,13H2,1-4H3. The minimum Gasteiger partial charge on any atom is -0.326 e. The summed E-state index contributed by atoms with van der Waals surface area (Å²) in [4.78, 5) is 2.23. The molecule has 0 rings (SSSR count). The van der Waals surface area contributed by atoms with Crippen molar-refractivity contribution in [3.63, 3.8) is 0 Å². The molecular weight excluding hydrogens is 176 g/mol. The van der Waals surface area contributed by atoms with Gasteiger partial charge >= 0.3 is 0 Å². The third-order valence-corrected chi connectivity index (χ3v) is 4.12. The fourth-order valence-electron chi connectivity index (χ4n) is 1.16. The molecular formula is C10H24N2Si. The Morgan fingerprint density at radius 1 is 1.15 bits per heavy atom. The Bertz CT molecular complexity index is 131. The molecule has 0 amide bonds. The molecule has 0 N–H and O–H groups in total. The highest BCUT2D eigenvalue weighted by Gasteiger charge is 1.94. The van der Waals surface area contributed by atoms with Crippen LogP contribution < -0.4 is 0 Å². The molecule has 0 bridgehead atoms. The van der Waals surface area contributed by atoms with Crippen LogP contribution in [-0.2, 0) is 0 Å². The van der Waals surface area contributed by atoms with E-state index in [1.807, 2.05) is 0 Å². The van der Waals surface area contributed by atoms with Crippen molar-refractivity contribution in [3.8, 4) is 0 Å². The predicted octanol–water partition coefficient (Wildman–Crippen LogP) is 0.877. The number of nitrogens with zero attached hydrogens (tertiary/aromatic N) is 2. The van der Waals surface area contributed by atoms with Gasteiger partial charge in [-0.25, -0.2) is 0 Å². The van der Waals surface area contributed by atoms with E-state index in [0.29, 0.717) is 0 Å². The molecule has 0 aliphatic heterocycles. The van der Waals surface area contributed by atoms with Crippen LogP contribution in [0, 0.1) is 0 Å². The Kier molecular flexibility index (Phi) is 8.39. The third-order valence-electron chi connectivity index (χ3n) is 2.17. The zero-order chi connectivity index (χ0) is 10.1. The molecule has 0 spiro atoms. The Balaban J connectivity index is 3.39. The molecule has 0 heterocycles. The summed E-state index contributed by atoms with van der Waals surface area (Å²) in [5.74, 6) is 0. The average molecular weight is 200 g/mol. The average Bonchev–Trinajstić information content (AvgIpc) is 2.11. The zero-order valence-electron chi connectivity index (χ0n) is 9.58. The molecule has 0 aliphatic carbocycles. The van der Waals surface area contributed by atoms with E-state index < -0.39 is 0 Å². The van der Waals surface area contributed by atoms with Crippen molar-refractivity contribution in [3.05, 3.63) is 11.8 Å². The first kappa shape index (κ1) is 12.9. The minimum atomic E-state index is -0.0854. The van der Waals surface area contributed by atoms with Gasteiger partial charge < -0.3 is 9.47 Å². The van der Waals surface area contributed by atoms with Crippen LogP contribution in [0.1, 0.15) is 20.3 Å². The summed E-state index contributed by atoms with van der Waals surface area (Å²) in [5.41, 5.74) is 2.41. The molecule has 3 heteroatoms. The van der Waals surface area contributed by atoms with Crippen molar-refractivity contribution in [2.75, 3.05) is 33.7 Å². The third kappa shape index (κ3) is 8.21. The monoisotopic (exact) mass is 200 g/mol. The van der Waals surface area contributed by atoms with Gasteiger partial charge in [0.1, 0.15) is 9.68 Å². The molecule has 0 saturated heterocycles. The Morgan fingerprint density at radius 2 is 1.77 bits per heavy atom. The molecule has 0 unspecified atom stereocenters. The van der Waals surface area contributed by atoms with Crippen molar-refractivity contribution in [2.45, 2.75) is 20.3 Å². The molecule has 13 heavy (non-hydrogen) atoms. The van der Waals surface area contributed by atoms with Crippen LogP contribution in [0.5, 0.6) is 0 Å². The van der Waals surface area contributed by atoms with Gasteiger partial charge in [-0.1, -0.05) is 25.6 Å². The first-order valence-electron chi connectivity index (χ1n) is 5.22. The molecule has 0 aromatic rings. The van der Waals surface area contributed by atoms with E-state index in [1.165, 1.54) is 26.1 Å². The van der Waals surface area contributed by atoms with Gasteiger partial charge in [-0.05, 0) is 33.6 Å². The van der Waals surface area contributed by atoms with E-state index in [0.717, 1.165) is 0 Å². The van der Waals surface area contributed by atoms with Crippen LogP contribution in [-0.4, -0.2) is 52.9 Å². The van der Waals surface area contributed by atoms with Gasteiger partial charge in [0.2, 0.25) is 0 Å². The molecule has 0 fully saturated rings. The first-order chi connectivity index (χ1) is 6.20. The van der Waals surface area contributed by atoms with Crippen LogP contribution >= 0.6 is 0 Å². The minimum absolute atomic E-state index is 0.0854. The lowest BCUT2D eigenvalue weighted by molar-refractivity contribution is 0.417. The van der Waals surface area contributed by atoms with Gasteiger partial charge in [0.05, 0.1) is 0 Å². The Labute approximate surface area is 85.5 Å². The van der Waals surface area contributed by atoms with Gasteiger partial charge in [0.25, 0.3) is 0 Å². The van der Waals surface area contributed by atoms with Crippen molar-refractivity contribution >= 4 is 9.68 Å². The molecule has 78 valence electrons. The second kappa shape index (κ2) is 8.47. The van der Waals surface area contributed by atoms with E-state index in [9.17, 15) is 0 Å². The summed E-state index contributed by atoms with van der Waals surface area (Å²) < 4.78 is 2.55. The summed E-state index contributed by atoms with van der Waals surface area (Å²) in [7, 11) is 4.16. The van der Waals surface area contributed by atoms with E-state index in [4.69, 9.17) is 0 Å². The van der Waals surface area contributed by atoms with Crippen molar-refractivity contribution in [1.29, 1.82) is 0 Å². The van der Waals surface area contributed by atoms with Gasteiger partial charge in [-0.15, -0.1) is 0 Å². The fraction of sp³-hybridized carbons (Fsp3) is 0.800.